The summed E-state index contributed by atoms with van der Waals surface area (Å²) >= 11 is 1.57. The highest BCUT2D eigenvalue weighted by Gasteiger charge is 2.26. The first-order valence-electron chi connectivity index (χ1n) is 11.1. The van der Waals surface area contributed by atoms with E-state index in [2.05, 4.69) is 46.7 Å². The van der Waals surface area contributed by atoms with Gasteiger partial charge in [-0.25, -0.2) is 9.67 Å². The molecule has 1 fully saturated rings. The molecule has 1 aromatic carbocycles. The highest BCUT2D eigenvalue weighted by atomic mass is 32.1. The van der Waals surface area contributed by atoms with Gasteiger partial charge in [-0.2, -0.15) is 5.10 Å². The number of carbonyl (C=O) groups is 1. The molecule has 0 aliphatic carbocycles. The zero-order valence-electron chi connectivity index (χ0n) is 18.6. The highest BCUT2D eigenvalue weighted by Crippen LogP contribution is 2.22. The average molecular weight is 449 g/mol. The molecule has 1 aliphatic heterocycles. The van der Waals surface area contributed by atoms with Gasteiger partial charge in [0.1, 0.15) is 0 Å². The van der Waals surface area contributed by atoms with Gasteiger partial charge in [0.25, 0.3) is 5.91 Å². The zero-order valence-corrected chi connectivity index (χ0v) is 19.4. The van der Waals surface area contributed by atoms with Crippen molar-refractivity contribution in [1.29, 1.82) is 0 Å². The van der Waals surface area contributed by atoms with E-state index < -0.39 is 0 Å². The van der Waals surface area contributed by atoms with Gasteiger partial charge >= 0.3 is 0 Å². The van der Waals surface area contributed by atoms with E-state index in [4.69, 9.17) is 4.98 Å². The number of amides is 1. The number of carbonyl (C=O) groups excluding carboxylic acids is 1. The number of likely N-dealkylation sites (tertiary alicyclic amines) is 1. The van der Waals surface area contributed by atoms with E-state index in [1.54, 1.807) is 11.3 Å². The second-order valence-corrected chi connectivity index (χ2v) is 9.44. The maximum atomic E-state index is 13.2. The molecule has 32 heavy (non-hydrogen) atoms. The maximum absolute atomic E-state index is 13.2. The van der Waals surface area contributed by atoms with Gasteiger partial charge < -0.3 is 4.90 Å². The Balaban J connectivity index is 1.35. The topological polar surface area (TPSA) is 58.7 Å². The summed E-state index contributed by atoms with van der Waals surface area (Å²) in [5.74, 6) is 0.0661. The Labute approximate surface area is 191 Å². The lowest BCUT2D eigenvalue weighted by Crippen LogP contribution is -2.36. The molecule has 8 heteroatoms. The van der Waals surface area contributed by atoms with E-state index in [1.807, 2.05) is 39.5 Å². The van der Waals surface area contributed by atoms with E-state index in [1.165, 1.54) is 12.0 Å². The van der Waals surface area contributed by atoms with Gasteiger partial charge in [0, 0.05) is 49.5 Å². The average Bonchev–Trinajstić information content (AvgIpc) is 3.52. The van der Waals surface area contributed by atoms with Crippen molar-refractivity contribution in [3.63, 3.8) is 0 Å². The Kier molecular flexibility index (Phi) is 5.80. The van der Waals surface area contributed by atoms with Crippen LogP contribution in [0.4, 0.5) is 0 Å². The Bertz CT molecular complexity index is 1230. The number of fused-ring (bicyclic) bond motifs is 1. The van der Waals surface area contributed by atoms with Crippen LogP contribution in [0.3, 0.4) is 0 Å². The predicted molar refractivity (Wildman–Crippen MR) is 126 cm³/mol. The van der Waals surface area contributed by atoms with Crippen LogP contribution in [0.15, 0.2) is 48.2 Å². The molecule has 0 radical (unpaired) electrons. The molecule has 166 valence electrons. The van der Waals surface area contributed by atoms with E-state index in [0.717, 1.165) is 54.4 Å². The van der Waals surface area contributed by atoms with Crippen LogP contribution in [0.5, 0.6) is 0 Å². The van der Waals surface area contributed by atoms with Crippen LogP contribution >= 0.6 is 11.3 Å². The van der Waals surface area contributed by atoms with Gasteiger partial charge in [-0.1, -0.05) is 18.2 Å². The minimum Gasteiger partial charge on any atom is -0.337 e. The van der Waals surface area contributed by atoms with Gasteiger partial charge in [-0.15, -0.1) is 11.3 Å². The van der Waals surface area contributed by atoms with Gasteiger partial charge in [0.15, 0.2) is 10.7 Å². The number of benzene rings is 1. The Morgan fingerprint density at radius 2 is 1.97 bits per heavy atom. The summed E-state index contributed by atoms with van der Waals surface area (Å²) in [5, 5.41) is 6.58. The molecule has 0 spiro atoms. The molecule has 1 amide bonds. The fourth-order valence-electron chi connectivity index (χ4n) is 4.42. The predicted octanol–water partition coefficient (Wildman–Crippen LogP) is 4.15. The minimum atomic E-state index is 0.0661. The number of aromatic nitrogens is 4. The summed E-state index contributed by atoms with van der Waals surface area (Å²) in [6, 6.07) is 8.24. The maximum Gasteiger partial charge on any atom is 0.274 e. The standard InChI is InChI=1S/C24H28N6OS/c1-18-8-4-5-9-20(18)30-16-19(14-25-30)15-27(2)17-21-22(26-24-29(21)12-13-32-24)23(31)28-10-6-3-7-11-28/h4-5,8-9,12-14,16H,3,6-7,10-11,15,17H2,1-2H3. The van der Waals surface area contributed by atoms with Crippen molar-refractivity contribution in [1.82, 2.24) is 29.0 Å². The number of rotatable bonds is 6. The lowest BCUT2D eigenvalue weighted by molar-refractivity contribution is 0.0716. The minimum absolute atomic E-state index is 0.0661. The van der Waals surface area contributed by atoms with Crippen molar-refractivity contribution < 1.29 is 4.79 Å². The molecule has 3 aromatic heterocycles. The largest absolute Gasteiger partial charge is 0.337 e. The Morgan fingerprint density at radius 3 is 2.78 bits per heavy atom. The van der Waals surface area contributed by atoms with Crippen LogP contribution in [0.25, 0.3) is 10.6 Å². The van der Waals surface area contributed by atoms with E-state index in [0.29, 0.717) is 12.2 Å². The monoisotopic (exact) mass is 448 g/mol. The van der Waals surface area contributed by atoms with Gasteiger partial charge in [-0.05, 0) is 44.9 Å². The van der Waals surface area contributed by atoms with Gasteiger partial charge in [0.2, 0.25) is 0 Å². The first kappa shape index (κ1) is 20.9. The fraction of sp³-hybridized carbons (Fsp3) is 0.375. The molecule has 4 aromatic rings. The molecule has 7 nitrogen and oxygen atoms in total. The normalized spacial score (nSPS) is 14.5. The third kappa shape index (κ3) is 4.08. The molecule has 0 saturated carbocycles. The summed E-state index contributed by atoms with van der Waals surface area (Å²) < 4.78 is 3.99. The number of nitrogens with zero attached hydrogens (tertiary/aromatic N) is 6. The molecular weight excluding hydrogens is 420 g/mol. The van der Waals surface area contributed by atoms with Crippen LogP contribution in [0.1, 0.15) is 46.6 Å². The summed E-state index contributed by atoms with van der Waals surface area (Å²) in [6.45, 7) is 5.13. The number of para-hydroxylation sites is 1. The third-order valence-corrected chi connectivity index (χ3v) is 6.83. The van der Waals surface area contributed by atoms with E-state index in [-0.39, 0.29) is 5.91 Å². The van der Waals surface area contributed by atoms with Crippen molar-refractivity contribution in [3.8, 4) is 5.69 Å². The number of imidazole rings is 1. The number of aryl methyl sites for hydroxylation is 1. The lowest BCUT2D eigenvalue weighted by atomic mass is 10.1. The van der Waals surface area contributed by atoms with Crippen molar-refractivity contribution in [2.24, 2.45) is 0 Å². The number of thiazole rings is 1. The van der Waals surface area contributed by atoms with Crippen molar-refractivity contribution >= 4 is 22.2 Å². The lowest BCUT2D eigenvalue weighted by Gasteiger charge is -2.26. The van der Waals surface area contributed by atoms with Gasteiger partial charge in [0.05, 0.1) is 17.6 Å². The molecule has 0 N–H and O–H groups in total. The quantitative estimate of drug-likeness (QED) is 0.445. The third-order valence-electron chi connectivity index (χ3n) is 6.08. The summed E-state index contributed by atoms with van der Waals surface area (Å²) in [6.07, 6.45) is 9.36. The molecule has 0 atom stereocenters. The first-order chi connectivity index (χ1) is 15.6. The van der Waals surface area contributed by atoms with Crippen molar-refractivity contribution in [2.75, 3.05) is 20.1 Å². The second-order valence-electron chi connectivity index (χ2n) is 8.57. The Hall–Kier alpha value is -2.97. The van der Waals surface area contributed by atoms with E-state index in [9.17, 15) is 4.79 Å². The summed E-state index contributed by atoms with van der Waals surface area (Å²) in [7, 11) is 2.08. The van der Waals surface area contributed by atoms with Crippen LogP contribution in [0.2, 0.25) is 0 Å². The Morgan fingerprint density at radius 1 is 1.16 bits per heavy atom. The van der Waals surface area contributed by atoms with Crippen LogP contribution in [-0.2, 0) is 13.1 Å². The van der Waals surface area contributed by atoms with Gasteiger partial charge in [-0.3, -0.25) is 14.1 Å². The zero-order chi connectivity index (χ0) is 22.1. The molecule has 1 saturated heterocycles. The smallest absolute Gasteiger partial charge is 0.274 e. The van der Waals surface area contributed by atoms with Crippen LogP contribution < -0.4 is 0 Å². The SMILES string of the molecule is Cc1ccccc1-n1cc(CN(C)Cc2c(C(=O)N3CCCCC3)nc3sccn23)cn1. The van der Waals surface area contributed by atoms with Crippen LogP contribution in [0, 0.1) is 6.92 Å². The fourth-order valence-corrected chi connectivity index (χ4v) is 5.15. The van der Waals surface area contributed by atoms with E-state index >= 15 is 0 Å². The van der Waals surface area contributed by atoms with Crippen molar-refractivity contribution in [2.45, 2.75) is 39.3 Å². The van der Waals surface area contributed by atoms with Crippen molar-refractivity contribution in [3.05, 3.63) is 70.8 Å². The second kappa shape index (κ2) is 8.88. The molecule has 0 bridgehead atoms. The highest BCUT2D eigenvalue weighted by molar-refractivity contribution is 7.15. The first-order valence-corrected chi connectivity index (χ1v) is 12.0. The molecule has 1 aliphatic rings. The molecule has 5 rings (SSSR count). The number of hydrogen-bond acceptors (Lipinski definition) is 5. The number of hydrogen-bond donors (Lipinski definition) is 0. The summed E-state index contributed by atoms with van der Waals surface area (Å²) in [4.78, 5) is 23.0. The molecule has 4 heterocycles. The number of piperidine rings is 1. The molecule has 0 unspecified atom stereocenters. The summed E-state index contributed by atoms with van der Waals surface area (Å²) in [5.41, 5.74) is 4.97. The van der Waals surface area contributed by atoms with Crippen LogP contribution in [-0.4, -0.2) is 55.0 Å². The molecular formula is C24H28N6OS.